The molecule has 2 saturated heterocycles. The summed E-state index contributed by atoms with van der Waals surface area (Å²) in [6.45, 7) is 3.86. The van der Waals surface area contributed by atoms with Gasteiger partial charge in [-0.1, -0.05) is 0 Å². The minimum absolute atomic E-state index is 0.0357. The first kappa shape index (κ1) is 16.4. The van der Waals surface area contributed by atoms with Crippen molar-refractivity contribution in [3.05, 3.63) is 29.7 Å². The van der Waals surface area contributed by atoms with Crippen LogP contribution >= 0.6 is 0 Å². The average molecular weight is 344 g/mol. The van der Waals surface area contributed by atoms with Crippen molar-refractivity contribution >= 4 is 11.6 Å². The van der Waals surface area contributed by atoms with E-state index in [2.05, 4.69) is 0 Å². The normalized spacial score (nSPS) is 25.5. The van der Waals surface area contributed by atoms with Crippen LogP contribution in [0.5, 0.6) is 5.75 Å². The molecule has 4 rings (SSSR count). The molecule has 2 aromatic rings. The van der Waals surface area contributed by atoms with Crippen LogP contribution in [0.1, 0.15) is 61.5 Å². The SMILES string of the molecule is COC(=O)c1cn2cc(C3CC4CCC(C3)O4)nc2cc1OC(C)C. The standard InChI is InChI=1S/C19H24N2O4/c1-11(2)24-17-8-18-20-16(10-21(18)9-15(17)19(22)23-3)12-6-13-4-5-14(7-12)25-13/h8-14H,4-7H2,1-3H3. The molecule has 0 aliphatic carbocycles. The number of nitrogens with zero attached hydrogens (tertiary/aromatic N) is 2. The number of hydrogen-bond acceptors (Lipinski definition) is 5. The number of aromatic nitrogens is 2. The van der Waals surface area contributed by atoms with Crippen molar-refractivity contribution in [3.8, 4) is 5.75 Å². The van der Waals surface area contributed by atoms with Crippen LogP contribution in [0.4, 0.5) is 0 Å². The van der Waals surface area contributed by atoms with E-state index in [-0.39, 0.29) is 6.10 Å². The number of carbonyl (C=O) groups excluding carboxylic acids is 1. The second kappa shape index (κ2) is 6.33. The van der Waals surface area contributed by atoms with Crippen LogP contribution in [-0.2, 0) is 9.47 Å². The molecule has 2 fully saturated rings. The summed E-state index contributed by atoms with van der Waals surface area (Å²) in [5.41, 5.74) is 2.27. The lowest BCUT2D eigenvalue weighted by Crippen LogP contribution is -2.23. The van der Waals surface area contributed by atoms with Gasteiger partial charge < -0.3 is 18.6 Å². The molecule has 2 aliphatic rings. The van der Waals surface area contributed by atoms with Crippen LogP contribution in [0.25, 0.3) is 5.65 Å². The predicted molar refractivity (Wildman–Crippen MR) is 92.2 cm³/mol. The van der Waals surface area contributed by atoms with Gasteiger partial charge in [0.1, 0.15) is 17.0 Å². The summed E-state index contributed by atoms with van der Waals surface area (Å²) in [4.78, 5) is 16.9. The van der Waals surface area contributed by atoms with Crippen molar-refractivity contribution in [3.63, 3.8) is 0 Å². The lowest BCUT2D eigenvalue weighted by Gasteiger charge is -2.26. The monoisotopic (exact) mass is 344 g/mol. The predicted octanol–water partition coefficient (Wildman–Crippen LogP) is 3.33. The Kier molecular flexibility index (Phi) is 4.15. The molecule has 2 bridgehead atoms. The Hall–Kier alpha value is -2.08. The van der Waals surface area contributed by atoms with E-state index in [1.165, 1.54) is 7.11 Å². The number of pyridine rings is 1. The van der Waals surface area contributed by atoms with Gasteiger partial charge in [0.25, 0.3) is 0 Å². The van der Waals surface area contributed by atoms with Crippen molar-refractivity contribution in [1.29, 1.82) is 0 Å². The van der Waals surface area contributed by atoms with Crippen LogP contribution in [0, 0.1) is 0 Å². The van der Waals surface area contributed by atoms with E-state index in [0.29, 0.717) is 29.4 Å². The fourth-order valence-electron chi connectivity index (χ4n) is 3.95. The number of imidazole rings is 1. The molecule has 0 radical (unpaired) electrons. The van der Waals surface area contributed by atoms with E-state index < -0.39 is 5.97 Å². The van der Waals surface area contributed by atoms with Crippen molar-refractivity contribution < 1.29 is 19.0 Å². The quantitative estimate of drug-likeness (QED) is 0.796. The molecule has 0 amide bonds. The van der Waals surface area contributed by atoms with Gasteiger partial charge in [0, 0.05) is 24.4 Å². The Morgan fingerprint density at radius 2 is 2.00 bits per heavy atom. The van der Waals surface area contributed by atoms with Gasteiger partial charge in [0.2, 0.25) is 0 Å². The average Bonchev–Trinajstić information content (AvgIpc) is 3.15. The molecule has 25 heavy (non-hydrogen) atoms. The Labute approximate surface area is 147 Å². The number of methoxy groups -OCH3 is 1. The van der Waals surface area contributed by atoms with Gasteiger partial charge >= 0.3 is 5.97 Å². The first-order chi connectivity index (χ1) is 12.0. The summed E-state index contributed by atoms with van der Waals surface area (Å²) in [6, 6.07) is 1.82. The molecule has 0 spiro atoms. The van der Waals surface area contributed by atoms with Crippen LogP contribution < -0.4 is 4.74 Å². The van der Waals surface area contributed by atoms with Gasteiger partial charge in [0.05, 0.1) is 31.1 Å². The van der Waals surface area contributed by atoms with Crippen molar-refractivity contribution in [2.45, 2.75) is 63.8 Å². The first-order valence-electron chi connectivity index (χ1n) is 8.96. The molecule has 6 nitrogen and oxygen atoms in total. The molecule has 2 unspecified atom stereocenters. The zero-order chi connectivity index (χ0) is 17.6. The zero-order valence-electron chi connectivity index (χ0n) is 14.9. The van der Waals surface area contributed by atoms with E-state index in [1.54, 1.807) is 6.20 Å². The second-order valence-corrected chi connectivity index (χ2v) is 7.27. The summed E-state index contributed by atoms with van der Waals surface area (Å²) in [6.07, 6.45) is 8.86. The largest absolute Gasteiger partial charge is 0.490 e. The molecular weight excluding hydrogens is 320 g/mol. The number of hydrogen-bond donors (Lipinski definition) is 0. The summed E-state index contributed by atoms with van der Waals surface area (Å²) < 4.78 is 18.5. The number of carbonyl (C=O) groups is 1. The van der Waals surface area contributed by atoms with Crippen LogP contribution in [0.3, 0.4) is 0 Å². The van der Waals surface area contributed by atoms with Crippen molar-refractivity contribution in [2.24, 2.45) is 0 Å². The highest BCUT2D eigenvalue weighted by Crippen LogP contribution is 2.40. The highest BCUT2D eigenvalue weighted by Gasteiger charge is 2.36. The maximum atomic E-state index is 12.1. The van der Waals surface area contributed by atoms with E-state index >= 15 is 0 Å². The summed E-state index contributed by atoms with van der Waals surface area (Å²) in [5.74, 6) is 0.526. The van der Waals surface area contributed by atoms with Crippen LogP contribution in [-0.4, -0.2) is 40.8 Å². The number of ether oxygens (including phenoxy) is 3. The van der Waals surface area contributed by atoms with Gasteiger partial charge in [0.15, 0.2) is 0 Å². The Morgan fingerprint density at radius 3 is 2.64 bits per heavy atom. The maximum Gasteiger partial charge on any atom is 0.343 e. The zero-order valence-corrected chi connectivity index (χ0v) is 14.9. The third-order valence-corrected chi connectivity index (χ3v) is 5.05. The van der Waals surface area contributed by atoms with Crippen LogP contribution in [0.15, 0.2) is 18.5 Å². The summed E-state index contributed by atoms with van der Waals surface area (Å²) in [7, 11) is 1.38. The van der Waals surface area contributed by atoms with E-state index in [9.17, 15) is 4.79 Å². The number of fused-ring (bicyclic) bond motifs is 3. The molecule has 2 aromatic heterocycles. The minimum atomic E-state index is -0.406. The van der Waals surface area contributed by atoms with Gasteiger partial charge in [-0.15, -0.1) is 0 Å². The topological polar surface area (TPSA) is 62.1 Å². The van der Waals surface area contributed by atoms with Crippen molar-refractivity contribution in [1.82, 2.24) is 9.38 Å². The summed E-state index contributed by atoms with van der Waals surface area (Å²) in [5, 5.41) is 0. The molecule has 6 heteroatoms. The molecule has 134 valence electrons. The second-order valence-electron chi connectivity index (χ2n) is 7.27. The molecule has 2 atom stereocenters. The van der Waals surface area contributed by atoms with Gasteiger partial charge in [-0.3, -0.25) is 0 Å². The summed E-state index contributed by atoms with van der Waals surface area (Å²) >= 11 is 0. The Bertz CT molecular complexity index is 786. The van der Waals surface area contributed by atoms with Gasteiger partial charge in [-0.25, -0.2) is 9.78 Å². The van der Waals surface area contributed by atoms with Gasteiger partial charge in [-0.2, -0.15) is 0 Å². The fraction of sp³-hybridized carbons (Fsp3) is 0.579. The number of esters is 1. The Balaban J connectivity index is 1.71. The smallest absolute Gasteiger partial charge is 0.343 e. The number of rotatable bonds is 4. The molecular formula is C19H24N2O4. The lowest BCUT2D eigenvalue weighted by atomic mass is 9.93. The lowest BCUT2D eigenvalue weighted by molar-refractivity contribution is -0.00434. The Morgan fingerprint density at radius 1 is 1.28 bits per heavy atom. The molecule has 0 saturated carbocycles. The fourth-order valence-corrected chi connectivity index (χ4v) is 3.95. The molecule has 0 aromatic carbocycles. The minimum Gasteiger partial charge on any atom is -0.490 e. The van der Waals surface area contributed by atoms with Crippen molar-refractivity contribution in [2.75, 3.05) is 7.11 Å². The maximum absolute atomic E-state index is 12.1. The first-order valence-corrected chi connectivity index (χ1v) is 8.96. The molecule has 4 heterocycles. The third-order valence-electron chi connectivity index (χ3n) is 5.05. The third kappa shape index (κ3) is 3.11. The highest BCUT2D eigenvalue weighted by atomic mass is 16.5. The van der Waals surface area contributed by atoms with Crippen LogP contribution in [0.2, 0.25) is 0 Å². The highest BCUT2D eigenvalue weighted by molar-refractivity contribution is 5.92. The van der Waals surface area contributed by atoms with E-state index in [0.717, 1.165) is 37.0 Å². The van der Waals surface area contributed by atoms with E-state index in [4.69, 9.17) is 19.2 Å². The molecule has 2 aliphatic heterocycles. The molecule has 0 N–H and O–H groups in total. The van der Waals surface area contributed by atoms with E-state index in [1.807, 2.05) is 30.5 Å². The van der Waals surface area contributed by atoms with Gasteiger partial charge in [-0.05, 0) is 39.5 Å².